The van der Waals surface area contributed by atoms with Crippen LogP contribution in [0.15, 0.2) is 18.2 Å². The Morgan fingerprint density at radius 1 is 0.970 bits per heavy atom. The van der Waals surface area contributed by atoms with Crippen LogP contribution in [0.5, 0.6) is 0 Å². The molecule has 1 saturated carbocycles. The Kier molecular flexibility index (Phi) is 8.46. The highest BCUT2D eigenvalue weighted by molar-refractivity contribution is 5.99. The van der Waals surface area contributed by atoms with Gasteiger partial charge in [-0.1, -0.05) is 65.2 Å². The Labute approximate surface area is 199 Å². The molecule has 2 fully saturated rings. The van der Waals surface area contributed by atoms with E-state index in [-0.39, 0.29) is 29.4 Å². The van der Waals surface area contributed by atoms with E-state index >= 15 is 0 Å². The molecule has 1 aliphatic carbocycles. The minimum Gasteiger partial charge on any atom is -0.324 e. The van der Waals surface area contributed by atoms with Gasteiger partial charge in [0.15, 0.2) is 5.78 Å². The van der Waals surface area contributed by atoms with Gasteiger partial charge < -0.3 is 5.32 Å². The molecule has 2 aliphatic rings. The van der Waals surface area contributed by atoms with Gasteiger partial charge in [-0.05, 0) is 42.7 Å². The molecule has 1 N–H and O–H groups in total. The number of nitrogens with zero attached hydrogens (tertiary/aromatic N) is 2. The first-order valence-corrected chi connectivity index (χ1v) is 12.5. The molecule has 1 aromatic rings. The van der Waals surface area contributed by atoms with E-state index in [0.29, 0.717) is 31.6 Å². The molecular weight excluding hydrogens is 414 g/mol. The largest absolute Gasteiger partial charge is 0.324 e. The first-order valence-electron chi connectivity index (χ1n) is 12.5. The predicted octanol–water partition coefficient (Wildman–Crippen LogP) is 4.70. The van der Waals surface area contributed by atoms with Gasteiger partial charge in [-0.3, -0.25) is 24.2 Å². The summed E-state index contributed by atoms with van der Waals surface area (Å²) >= 11 is 0. The monoisotopic (exact) mass is 455 g/mol. The number of para-hydroxylation sites is 1. The summed E-state index contributed by atoms with van der Waals surface area (Å²) in [6, 6.07) is 6.27. The molecular formula is C27H41N3O3. The van der Waals surface area contributed by atoms with E-state index in [0.717, 1.165) is 49.0 Å². The molecule has 1 saturated heterocycles. The van der Waals surface area contributed by atoms with Crippen molar-refractivity contribution in [2.45, 2.75) is 90.5 Å². The standard InChI is InChI=1S/C27H41N3O3/c1-19(2)23-10-9-11-24(20(3)4)26(23)28-25(33)16-29-17-27(12-7-6-8-13-27)30(18-29)15-22(32)14-21(5)31/h9-11,19-20H,6-8,12-18H2,1-5H3,(H,28,33). The van der Waals surface area contributed by atoms with Crippen molar-refractivity contribution in [2.24, 2.45) is 0 Å². The quantitative estimate of drug-likeness (QED) is 0.547. The van der Waals surface area contributed by atoms with Gasteiger partial charge in [-0.2, -0.15) is 0 Å². The fraction of sp³-hybridized carbons (Fsp3) is 0.667. The fourth-order valence-electron chi connectivity index (χ4n) is 5.59. The molecule has 3 rings (SSSR count). The summed E-state index contributed by atoms with van der Waals surface area (Å²) in [5.41, 5.74) is 3.23. The van der Waals surface area contributed by atoms with Gasteiger partial charge in [-0.15, -0.1) is 0 Å². The van der Waals surface area contributed by atoms with E-state index in [1.165, 1.54) is 13.3 Å². The number of ketones is 2. The van der Waals surface area contributed by atoms with Crippen molar-refractivity contribution in [1.82, 2.24) is 9.80 Å². The van der Waals surface area contributed by atoms with Crippen LogP contribution in [0.1, 0.15) is 96.1 Å². The second-order valence-corrected chi connectivity index (χ2v) is 10.7. The number of hydrogen-bond acceptors (Lipinski definition) is 5. The third-order valence-electron chi connectivity index (χ3n) is 7.16. The van der Waals surface area contributed by atoms with Crippen LogP contribution < -0.4 is 5.32 Å². The maximum atomic E-state index is 13.2. The Morgan fingerprint density at radius 3 is 2.12 bits per heavy atom. The van der Waals surface area contributed by atoms with Gasteiger partial charge in [0, 0.05) is 17.8 Å². The molecule has 182 valence electrons. The Balaban J connectivity index is 1.73. The number of amides is 1. The zero-order chi connectivity index (χ0) is 24.2. The van der Waals surface area contributed by atoms with Crippen molar-refractivity contribution >= 4 is 23.2 Å². The lowest BCUT2D eigenvalue weighted by molar-refractivity contribution is -0.127. The van der Waals surface area contributed by atoms with Crippen molar-refractivity contribution in [1.29, 1.82) is 0 Å². The lowest BCUT2D eigenvalue weighted by Crippen LogP contribution is -2.49. The molecule has 6 nitrogen and oxygen atoms in total. The van der Waals surface area contributed by atoms with Gasteiger partial charge in [0.2, 0.25) is 5.91 Å². The normalized spacial score (nSPS) is 18.9. The molecule has 1 amide bonds. The number of benzene rings is 1. The Bertz CT molecular complexity index is 845. The molecule has 1 aromatic carbocycles. The van der Waals surface area contributed by atoms with E-state index in [4.69, 9.17) is 0 Å². The number of nitrogens with one attached hydrogen (secondary N) is 1. The molecule has 0 radical (unpaired) electrons. The molecule has 1 heterocycles. The van der Waals surface area contributed by atoms with Crippen molar-refractivity contribution in [3.8, 4) is 0 Å². The number of anilines is 1. The zero-order valence-corrected chi connectivity index (χ0v) is 21.1. The first kappa shape index (κ1) is 25.6. The number of rotatable bonds is 9. The Morgan fingerprint density at radius 2 is 1.58 bits per heavy atom. The molecule has 0 atom stereocenters. The van der Waals surface area contributed by atoms with Gasteiger partial charge >= 0.3 is 0 Å². The van der Waals surface area contributed by atoms with E-state index < -0.39 is 0 Å². The highest BCUT2D eigenvalue weighted by Crippen LogP contribution is 2.38. The van der Waals surface area contributed by atoms with E-state index in [2.05, 4.69) is 61.0 Å². The average Bonchev–Trinajstić information content (AvgIpc) is 3.02. The molecule has 33 heavy (non-hydrogen) atoms. The topological polar surface area (TPSA) is 69.7 Å². The Hall–Kier alpha value is -2.05. The molecule has 1 spiro atoms. The van der Waals surface area contributed by atoms with Gasteiger partial charge in [0.05, 0.1) is 26.2 Å². The van der Waals surface area contributed by atoms with Crippen LogP contribution in [0.3, 0.4) is 0 Å². The minimum atomic E-state index is -0.0853. The van der Waals surface area contributed by atoms with Crippen LogP contribution in [0.4, 0.5) is 5.69 Å². The summed E-state index contributed by atoms with van der Waals surface area (Å²) in [5.74, 6) is 0.523. The molecule has 0 bridgehead atoms. The summed E-state index contributed by atoms with van der Waals surface area (Å²) in [4.78, 5) is 41.5. The van der Waals surface area contributed by atoms with E-state index in [9.17, 15) is 14.4 Å². The summed E-state index contributed by atoms with van der Waals surface area (Å²) in [6.07, 6.45) is 5.62. The van der Waals surface area contributed by atoms with Crippen LogP contribution in [0.25, 0.3) is 0 Å². The summed E-state index contributed by atoms with van der Waals surface area (Å²) in [7, 11) is 0. The molecule has 0 aromatic heterocycles. The minimum absolute atomic E-state index is 0.00295. The highest BCUT2D eigenvalue weighted by Gasteiger charge is 2.45. The lowest BCUT2D eigenvalue weighted by atomic mass is 9.81. The number of Topliss-reactive ketones (excluding diaryl/α,β-unsaturated/α-hetero) is 2. The van der Waals surface area contributed by atoms with Crippen LogP contribution in [-0.2, 0) is 14.4 Å². The average molecular weight is 456 g/mol. The second kappa shape index (κ2) is 10.9. The van der Waals surface area contributed by atoms with Gasteiger partial charge in [0.1, 0.15) is 5.78 Å². The third kappa shape index (κ3) is 6.30. The second-order valence-electron chi connectivity index (χ2n) is 10.7. The number of carbonyl (C=O) groups is 3. The van der Waals surface area contributed by atoms with Crippen molar-refractivity contribution < 1.29 is 14.4 Å². The summed E-state index contributed by atoms with van der Waals surface area (Å²) in [6.45, 7) is 12.1. The van der Waals surface area contributed by atoms with Crippen LogP contribution in [-0.4, -0.2) is 59.1 Å². The maximum Gasteiger partial charge on any atom is 0.238 e. The highest BCUT2D eigenvalue weighted by atomic mass is 16.2. The first-order chi connectivity index (χ1) is 15.6. The molecule has 1 aliphatic heterocycles. The smallest absolute Gasteiger partial charge is 0.238 e. The van der Waals surface area contributed by atoms with Gasteiger partial charge in [0.25, 0.3) is 0 Å². The SMILES string of the molecule is CC(=O)CC(=O)CN1CN(CC(=O)Nc2c(C(C)C)cccc2C(C)C)CC12CCCCC2. The predicted molar refractivity (Wildman–Crippen MR) is 133 cm³/mol. The zero-order valence-electron chi connectivity index (χ0n) is 21.1. The van der Waals surface area contributed by atoms with Crippen LogP contribution in [0.2, 0.25) is 0 Å². The fourth-order valence-corrected chi connectivity index (χ4v) is 5.59. The van der Waals surface area contributed by atoms with Crippen LogP contribution in [0, 0.1) is 0 Å². The summed E-state index contributed by atoms with van der Waals surface area (Å²) < 4.78 is 0. The van der Waals surface area contributed by atoms with E-state index in [1.54, 1.807) is 0 Å². The van der Waals surface area contributed by atoms with Crippen molar-refractivity contribution in [3.63, 3.8) is 0 Å². The van der Waals surface area contributed by atoms with E-state index in [1.807, 2.05) is 0 Å². The molecule has 0 unspecified atom stereocenters. The third-order valence-corrected chi connectivity index (χ3v) is 7.16. The van der Waals surface area contributed by atoms with Crippen molar-refractivity contribution in [2.75, 3.05) is 31.6 Å². The van der Waals surface area contributed by atoms with Crippen molar-refractivity contribution in [3.05, 3.63) is 29.3 Å². The van der Waals surface area contributed by atoms with Gasteiger partial charge in [-0.25, -0.2) is 0 Å². The summed E-state index contributed by atoms with van der Waals surface area (Å²) in [5, 5.41) is 3.23. The molecule has 6 heteroatoms. The number of hydrogen-bond donors (Lipinski definition) is 1. The lowest BCUT2D eigenvalue weighted by Gasteiger charge is -2.40. The number of carbonyl (C=O) groups excluding carboxylic acids is 3. The van der Waals surface area contributed by atoms with Crippen LogP contribution >= 0.6 is 0 Å². The maximum absolute atomic E-state index is 13.2.